The summed E-state index contributed by atoms with van der Waals surface area (Å²) in [7, 11) is 1.71. The van der Waals surface area contributed by atoms with Crippen molar-refractivity contribution in [1.29, 1.82) is 0 Å². The third-order valence-electron chi connectivity index (χ3n) is 3.56. The highest BCUT2D eigenvalue weighted by Gasteiger charge is 2.20. The van der Waals surface area contributed by atoms with Crippen molar-refractivity contribution in [2.45, 2.75) is 32.0 Å². The number of hydrogen-bond acceptors (Lipinski definition) is 2. The number of hydrogen-bond donors (Lipinski definition) is 1. The molecule has 0 aliphatic heterocycles. The van der Waals surface area contributed by atoms with Gasteiger partial charge >= 0.3 is 0 Å². The van der Waals surface area contributed by atoms with Crippen molar-refractivity contribution in [2.75, 3.05) is 7.11 Å². The van der Waals surface area contributed by atoms with E-state index in [4.69, 9.17) is 4.74 Å². The standard InChI is InChI=1S/C16H20N2O/c1-19-16-6-2-4-13(10-16)12-18-9-3-5-15(18)11-17-14-7-8-14/h2-6,9-10,14,17H,7-8,11-12H2,1H3. The summed E-state index contributed by atoms with van der Waals surface area (Å²) < 4.78 is 7.57. The maximum atomic E-state index is 5.27. The number of nitrogens with zero attached hydrogens (tertiary/aromatic N) is 1. The van der Waals surface area contributed by atoms with Crippen molar-refractivity contribution in [1.82, 2.24) is 9.88 Å². The van der Waals surface area contributed by atoms with Gasteiger partial charge in [-0.3, -0.25) is 0 Å². The Morgan fingerprint density at radius 1 is 1.26 bits per heavy atom. The lowest BCUT2D eigenvalue weighted by Crippen LogP contribution is -2.18. The number of nitrogens with one attached hydrogen (secondary N) is 1. The average Bonchev–Trinajstić information content (AvgIpc) is 3.17. The molecule has 0 amide bonds. The van der Waals surface area contributed by atoms with E-state index in [-0.39, 0.29) is 0 Å². The predicted molar refractivity (Wildman–Crippen MR) is 76.4 cm³/mol. The Hall–Kier alpha value is -1.74. The van der Waals surface area contributed by atoms with E-state index in [0.717, 1.165) is 24.9 Å². The van der Waals surface area contributed by atoms with E-state index in [2.05, 4.69) is 40.3 Å². The van der Waals surface area contributed by atoms with Gasteiger partial charge in [0.1, 0.15) is 5.75 Å². The molecule has 0 spiro atoms. The van der Waals surface area contributed by atoms with E-state index in [1.54, 1.807) is 7.11 Å². The zero-order valence-corrected chi connectivity index (χ0v) is 11.3. The molecule has 1 aromatic heterocycles. The Balaban J connectivity index is 1.69. The fourth-order valence-corrected chi connectivity index (χ4v) is 2.27. The summed E-state index contributed by atoms with van der Waals surface area (Å²) in [4.78, 5) is 0. The topological polar surface area (TPSA) is 26.2 Å². The first-order valence-corrected chi connectivity index (χ1v) is 6.85. The lowest BCUT2D eigenvalue weighted by molar-refractivity contribution is 0.414. The third kappa shape index (κ3) is 3.18. The zero-order chi connectivity index (χ0) is 13.1. The van der Waals surface area contributed by atoms with Gasteiger partial charge in [0.05, 0.1) is 7.11 Å². The van der Waals surface area contributed by atoms with Gasteiger partial charge in [-0.25, -0.2) is 0 Å². The zero-order valence-electron chi connectivity index (χ0n) is 11.3. The lowest BCUT2D eigenvalue weighted by Gasteiger charge is -2.11. The molecule has 1 heterocycles. The van der Waals surface area contributed by atoms with Gasteiger partial charge in [0.2, 0.25) is 0 Å². The van der Waals surface area contributed by atoms with Crippen molar-refractivity contribution in [3.8, 4) is 5.75 Å². The predicted octanol–water partition coefficient (Wildman–Crippen LogP) is 2.80. The fourth-order valence-electron chi connectivity index (χ4n) is 2.27. The van der Waals surface area contributed by atoms with Gasteiger partial charge in [-0.1, -0.05) is 12.1 Å². The molecule has 1 fully saturated rings. The summed E-state index contributed by atoms with van der Waals surface area (Å²) in [6.45, 7) is 1.85. The van der Waals surface area contributed by atoms with E-state index in [1.807, 2.05) is 12.1 Å². The molecule has 3 nitrogen and oxygen atoms in total. The SMILES string of the molecule is COc1cccc(Cn2cccc2CNC2CC2)c1. The summed E-state index contributed by atoms with van der Waals surface area (Å²) in [5.41, 5.74) is 2.61. The average molecular weight is 256 g/mol. The maximum Gasteiger partial charge on any atom is 0.119 e. The molecule has 100 valence electrons. The first-order chi connectivity index (χ1) is 9.35. The van der Waals surface area contributed by atoms with Crippen LogP contribution in [0.2, 0.25) is 0 Å². The molecule has 19 heavy (non-hydrogen) atoms. The summed E-state index contributed by atoms with van der Waals surface area (Å²) in [5, 5.41) is 3.56. The lowest BCUT2D eigenvalue weighted by atomic mass is 10.2. The van der Waals surface area contributed by atoms with Gasteiger partial charge in [-0.2, -0.15) is 0 Å². The van der Waals surface area contributed by atoms with Crippen molar-refractivity contribution in [3.05, 3.63) is 53.9 Å². The van der Waals surface area contributed by atoms with Crippen LogP contribution in [0.25, 0.3) is 0 Å². The Bertz CT molecular complexity index is 543. The molecule has 0 saturated heterocycles. The number of aromatic nitrogens is 1. The first kappa shape index (κ1) is 12.3. The molecule has 1 saturated carbocycles. The van der Waals surface area contributed by atoms with E-state index < -0.39 is 0 Å². The van der Waals surface area contributed by atoms with E-state index in [9.17, 15) is 0 Å². The van der Waals surface area contributed by atoms with E-state index in [0.29, 0.717) is 0 Å². The van der Waals surface area contributed by atoms with Gasteiger partial charge in [0.25, 0.3) is 0 Å². The molecular weight excluding hydrogens is 236 g/mol. The minimum absolute atomic E-state index is 0.750. The van der Waals surface area contributed by atoms with Crippen molar-refractivity contribution in [3.63, 3.8) is 0 Å². The van der Waals surface area contributed by atoms with Crippen LogP contribution in [0, 0.1) is 0 Å². The second-order valence-electron chi connectivity index (χ2n) is 5.13. The van der Waals surface area contributed by atoms with Gasteiger partial charge in [0, 0.05) is 31.0 Å². The van der Waals surface area contributed by atoms with Crippen LogP contribution < -0.4 is 10.1 Å². The van der Waals surface area contributed by atoms with Crippen LogP contribution >= 0.6 is 0 Å². The Labute approximate surface area is 114 Å². The minimum atomic E-state index is 0.750. The quantitative estimate of drug-likeness (QED) is 0.860. The Morgan fingerprint density at radius 2 is 2.16 bits per heavy atom. The van der Waals surface area contributed by atoms with Crippen LogP contribution in [0.15, 0.2) is 42.6 Å². The second-order valence-corrected chi connectivity index (χ2v) is 5.13. The summed E-state index contributed by atoms with van der Waals surface area (Å²) in [5.74, 6) is 0.919. The Morgan fingerprint density at radius 3 is 2.95 bits per heavy atom. The summed E-state index contributed by atoms with van der Waals surface area (Å²) in [6.07, 6.45) is 4.80. The molecule has 0 atom stereocenters. The Kier molecular flexibility index (Phi) is 3.56. The van der Waals surface area contributed by atoms with Gasteiger partial charge in [-0.15, -0.1) is 0 Å². The molecule has 0 radical (unpaired) electrons. The van der Waals surface area contributed by atoms with E-state index in [1.165, 1.54) is 24.1 Å². The molecule has 1 aliphatic rings. The largest absolute Gasteiger partial charge is 0.497 e. The molecule has 0 unspecified atom stereocenters. The highest BCUT2D eigenvalue weighted by molar-refractivity contribution is 5.29. The first-order valence-electron chi connectivity index (χ1n) is 6.85. The number of methoxy groups -OCH3 is 1. The van der Waals surface area contributed by atoms with Gasteiger partial charge < -0.3 is 14.6 Å². The van der Waals surface area contributed by atoms with Gasteiger partial charge in [-0.05, 0) is 42.7 Å². The highest BCUT2D eigenvalue weighted by atomic mass is 16.5. The normalized spacial score (nSPS) is 14.6. The fraction of sp³-hybridized carbons (Fsp3) is 0.375. The monoisotopic (exact) mass is 256 g/mol. The van der Waals surface area contributed by atoms with Crippen molar-refractivity contribution < 1.29 is 4.74 Å². The molecule has 0 bridgehead atoms. The number of benzene rings is 1. The van der Waals surface area contributed by atoms with Crippen LogP contribution in [0.5, 0.6) is 5.75 Å². The minimum Gasteiger partial charge on any atom is -0.497 e. The highest BCUT2D eigenvalue weighted by Crippen LogP contribution is 2.20. The van der Waals surface area contributed by atoms with Gasteiger partial charge in [0.15, 0.2) is 0 Å². The molecule has 1 aromatic carbocycles. The number of ether oxygens (including phenoxy) is 1. The van der Waals surface area contributed by atoms with E-state index >= 15 is 0 Å². The smallest absolute Gasteiger partial charge is 0.119 e. The molecule has 1 aliphatic carbocycles. The third-order valence-corrected chi connectivity index (χ3v) is 3.56. The van der Waals surface area contributed by atoms with Crippen LogP contribution in [-0.2, 0) is 13.1 Å². The van der Waals surface area contributed by atoms with Crippen LogP contribution in [0.1, 0.15) is 24.1 Å². The molecule has 1 N–H and O–H groups in total. The number of rotatable bonds is 6. The summed E-state index contributed by atoms with van der Waals surface area (Å²) >= 11 is 0. The molecule has 2 aromatic rings. The van der Waals surface area contributed by atoms with Crippen LogP contribution in [-0.4, -0.2) is 17.7 Å². The maximum absolute atomic E-state index is 5.27. The van der Waals surface area contributed by atoms with Crippen molar-refractivity contribution in [2.24, 2.45) is 0 Å². The summed E-state index contributed by atoms with van der Waals surface area (Å²) in [6, 6.07) is 13.3. The van der Waals surface area contributed by atoms with Crippen molar-refractivity contribution >= 4 is 0 Å². The molecular formula is C16H20N2O. The van der Waals surface area contributed by atoms with Crippen LogP contribution in [0.3, 0.4) is 0 Å². The molecule has 3 rings (SSSR count). The molecule has 3 heteroatoms. The second kappa shape index (κ2) is 5.49. The van der Waals surface area contributed by atoms with Crippen LogP contribution in [0.4, 0.5) is 0 Å².